The number of nitrogens with zero attached hydrogens (tertiary/aromatic N) is 2. The van der Waals surface area contributed by atoms with Crippen molar-refractivity contribution >= 4 is 38.5 Å². The smallest absolute Gasteiger partial charge is 0.435 e. The number of halogens is 1. The fourth-order valence-electron chi connectivity index (χ4n) is 3.56. The number of aromatic nitrogens is 2. The van der Waals surface area contributed by atoms with Crippen LogP contribution >= 0.6 is 15.9 Å². The highest BCUT2D eigenvalue weighted by molar-refractivity contribution is 9.11. The van der Waals surface area contributed by atoms with Crippen molar-refractivity contribution in [1.82, 2.24) is 9.78 Å². The van der Waals surface area contributed by atoms with Crippen LogP contribution in [-0.4, -0.2) is 26.6 Å². The number of benzene rings is 2. The number of aryl methyl sites for hydroxylation is 1. The van der Waals surface area contributed by atoms with Gasteiger partial charge in [0.2, 0.25) is 0 Å². The van der Waals surface area contributed by atoms with Crippen molar-refractivity contribution in [2.24, 2.45) is 0 Å². The van der Waals surface area contributed by atoms with Crippen LogP contribution in [0.3, 0.4) is 0 Å². The van der Waals surface area contributed by atoms with Gasteiger partial charge in [-0.3, -0.25) is 0 Å². The number of carbonyl (C=O) groups excluding carboxylic acids is 1. The van der Waals surface area contributed by atoms with E-state index in [9.17, 15) is 9.90 Å². The number of phenolic OH excluding ortho intramolecular Hbond substituents is 1. The summed E-state index contributed by atoms with van der Waals surface area (Å²) >= 11 is 3.73. The van der Waals surface area contributed by atoms with Crippen LogP contribution in [0, 0.1) is 0 Å². The Kier molecular flexibility index (Phi) is 4.54. The van der Waals surface area contributed by atoms with E-state index in [1.165, 1.54) is 10.2 Å². The molecule has 1 aliphatic carbocycles. The third kappa shape index (κ3) is 3.33. The fraction of sp³-hybridized carbons (Fsp3) is 0.273. The molecule has 0 spiro atoms. The molecule has 3 aromatic rings. The van der Waals surface area contributed by atoms with Crippen LogP contribution in [0.15, 0.2) is 47.1 Å². The van der Waals surface area contributed by atoms with Gasteiger partial charge in [0.05, 0.1) is 11.7 Å². The van der Waals surface area contributed by atoms with Crippen LogP contribution in [0.25, 0.3) is 16.5 Å². The van der Waals surface area contributed by atoms with Crippen LogP contribution in [0.2, 0.25) is 0 Å². The van der Waals surface area contributed by atoms with Gasteiger partial charge in [0.15, 0.2) is 0 Å². The van der Waals surface area contributed by atoms with Crippen molar-refractivity contribution in [1.29, 1.82) is 0 Å². The number of allylic oxidation sites excluding steroid dienone is 1. The Morgan fingerprint density at radius 1 is 1.14 bits per heavy atom. The molecule has 0 aliphatic heterocycles. The highest BCUT2D eigenvalue weighted by Crippen LogP contribution is 2.41. The van der Waals surface area contributed by atoms with Crippen LogP contribution < -0.4 is 0 Å². The minimum absolute atomic E-state index is 0.241. The summed E-state index contributed by atoms with van der Waals surface area (Å²) in [7, 11) is 0. The first-order valence-corrected chi connectivity index (χ1v) is 9.95. The number of carbonyl (C=O) groups is 1. The summed E-state index contributed by atoms with van der Waals surface area (Å²) in [6.07, 6.45) is 2.98. The van der Waals surface area contributed by atoms with Crippen molar-refractivity contribution in [3.63, 3.8) is 0 Å². The summed E-state index contributed by atoms with van der Waals surface area (Å²) in [5.41, 5.74) is 4.58. The van der Waals surface area contributed by atoms with E-state index >= 15 is 0 Å². The first kappa shape index (κ1) is 18.7. The molecule has 1 N–H and O–H groups in total. The van der Waals surface area contributed by atoms with Gasteiger partial charge in [0.25, 0.3) is 0 Å². The zero-order valence-corrected chi connectivity index (χ0v) is 17.6. The second-order valence-electron chi connectivity index (χ2n) is 7.89. The van der Waals surface area contributed by atoms with E-state index in [0.29, 0.717) is 0 Å². The number of hydrogen-bond acceptors (Lipinski definition) is 4. The Balaban J connectivity index is 1.82. The summed E-state index contributed by atoms with van der Waals surface area (Å²) in [5.74, 6) is 0.241. The van der Waals surface area contributed by atoms with E-state index in [1.807, 2.05) is 45.0 Å². The second kappa shape index (κ2) is 6.78. The lowest BCUT2D eigenvalue weighted by molar-refractivity contribution is 0.0522. The number of phenols is 1. The van der Waals surface area contributed by atoms with Crippen LogP contribution in [-0.2, 0) is 11.2 Å². The standard InChI is InChI=1S/C22H21BrN2O3/c1-22(2,3)28-21(27)25-19-11-9-16-15(17(19)12-24-25)8-10-18(23)20(16)13-4-6-14(26)7-5-13/h4-7,9,11-12,26H,8,10H2,1-3H3. The van der Waals surface area contributed by atoms with E-state index < -0.39 is 11.7 Å². The minimum atomic E-state index is -0.580. The summed E-state index contributed by atoms with van der Waals surface area (Å²) in [6, 6.07) is 11.1. The normalized spacial score (nSPS) is 14.3. The maximum absolute atomic E-state index is 12.5. The number of hydrogen-bond donors (Lipinski definition) is 1. The summed E-state index contributed by atoms with van der Waals surface area (Å²) in [4.78, 5) is 12.5. The molecule has 0 bridgehead atoms. The molecule has 6 heteroatoms. The molecule has 0 amide bonds. The molecular formula is C22H21BrN2O3. The Bertz CT molecular complexity index is 1110. The lowest BCUT2D eigenvalue weighted by Gasteiger charge is -2.22. The number of fused-ring (bicyclic) bond motifs is 3. The summed E-state index contributed by atoms with van der Waals surface area (Å²) in [6.45, 7) is 5.51. The van der Waals surface area contributed by atoms with Crippen LogP contribution in [0.1, 0.15) is 43.9 Å². The fourth-order valence-corrected chi connectivity index (χ4v) is 4.20. The molecule has 0 fully saturated rings. The molecule has 4 rings (SSSR count). The van der Waals surface area contributed by atoms with Gasteiger partial charge in [-0.05, 0) is 74.1 Å². The van der Waals surface area contributed by atoms with Crippen molar-refractivity contribution in [2.75, 3.05) is 0 Å². The quantitative estimate of drug-likeness (QED) is 0.532. The molecule has 144 valence electrons. The zero-order valence-electron chi connectivity index (χ0n) is 16.0. The maximum Gasteiger partial charge on any atom is 0.435 e. The molecule has 1 heterocycles. The molecule has 0 saturated carbocycles. The topological polar surface area (TPSA) is 64.4 Å². The Morgan fingerprint density at radius 2 is 1.86 bits per heavy atom. The zero-order chi connectivity index (χ0) is 20.1. The van der Waals surface area contributed by atoms with E-state index in [4.69, 9.17) is 4.74 Å². The SMILES string of the molecule is CC(C)(C)OC(=O)n1ncc2c3c(ccc21)C(c1ccc(O)cc1)=C(Br)CC3. The van der Waals surface area contributed by atoms with Gasteiger partial charge in [-0.2, -0.15) is 9.78 Å². The van der Waals surface area contributed by atoms with E-state index in [1.54, 1.807) is 18.3 Å². The van der Waals surface area contributed by atoms with Gasteiger partial charge in [0.1, 0.15) is 11.4 Å². The van der Waals surface area contributed by atoms with E-state index in [2.05, 4.69) is 21.0 Å². The maximum atomic E-state index is 12.5. The van der Waals surface area contributed by atoms with E-state index in [-0.39, 0.29) is 5.75 Å². The van der Waals surface area contributed by atoms with Crippen molar-refractivity contribution < 1.29 is 14.6 Å². The molecule has 5 nitrogen and oxygen atoms in total. The minimum Gasteiger partial charge on any atom is -0.508 e. The van der Waals surface area contributed by atoms with Gasteiger partial charge in [-0.25, -0.2) is 4.79 Å². The van der Waals surface area contributed by atoms with Gasteiger partial charge < -0.3 is 9.84 Å². The predicted molar refractivity (Wildman–Crippen MR) is 113 cm³/mol. The van der Waals surface area contributed by atoms with Crippen LogP contribution in [0.4, 0.5) is 4.79 Å². The Hall–Kier alpha value is -2.60. The third-order valence-electron chi connectivity index (χ3n) is 4.72. The summed E-state index contributed by atoms with van der Waals surface area (Å²) < 4.78 is 7.93. The predicted octanol–water partition coefficient (Wildman–Crippen LogP) is 5.63. The average molecular weight is 441 g/mol. The van der Waals surface area contributed by atoms with Gasteiger partial charge >= 0.3 is 6.09 Å². The lowest BCUT2D eigenvalue weighted by atomic mass is 9.85. The number of aromatic hydroxyl groups is 1. The molecule has 28 heavy (non-hydrogen) atoms. The monoisotopic (exact) mass is 440 g/mol. The lowest BCUT2D eigenvalue weighted by Crippen LogP contribution is -2.27. The molecule has 1 aliphatic rings. The highest BCUT2D eigenvalue weighted by atomic mass is 79.9. The van der Waals surface area contributed by atoms with Crippen molar-refractivity contribution in [2.45, 2.75) is 39.2 Å². The molecule has 0 saturated heterocycles. The Labute approximate surface area is 171 Å². The molecule has 0 radical (unpaired) electrons. The van der Waals surface area contributed by atoms with Crippen molar-refractivity contribution in [3.8, 4) is 5.75 Å². The molecular weight excluding hydrogens is 420 g/mol. The molecule has 0 unspecified atom stereocenters. The summed E-state index contributed by atoms with van der Waals surface area (Å²) in [5, 5.41) is 14.9. The van der Waals surface area contributed by atoms with Gasteiger partial charge in [0, 0.05) is 9.87 Å². The Morgan fingerprint density at radius 3 is 2.54 bits per heavy atom. The van der Waals surface area contributed by atoms with Gasteiger partial charge in [-0.15, -0.1) is 0 Å². The highest BCUT2D eigenvalue weighted by Gasteiger charge is 2.25. The largest absolute Gasteiger partial charge is 0.508 e. The first-order valence-electron chi connectivity index (χ1n) is 9.16. The second-order valence-corrected chi connectivity index (χ2v) is 8.85. The number of ether oxygens (including phenoxy) is 1. The first-order chi connectivity index (χ1) is 13.2. The van der Waals surface area contributed by atoms with Gasteiger partial charge in [-0.1, -0.05) is 34.1 Å². The van der Waals surface area contributed by atoms with Crippen molar-refractivity contribution in [3.05, 3.63) is 63.8 Å². The van der Waals surface area contributed by atoms with Crippen LogP contribution in [0.5, 0.6) is 5.75 Å². The third-order valence-corrected chi connectivity index (χ3v) is 5.52. The molecule has 1 aromatic heterocycles. The van der Waals surface area contributed by atoms with E-state index in [0.717, 1.165) is 44.9 Å². The molecule has 0 atom stereocenters. The molecule has 2 aromatic carbocycles. The average Bonchev–Trinajstić information content (AvgIpc) is 3.05. The number of rotatable bonds is 1.